The normalized spacial score (nSPS) is 16.6. The molecule has 2 aromatic carbocycles. The number of amides is 3. The first-order valence-corrected chi connectivity index (χ1v) is 10.3. The van der Waals surface area contributed by atoms with E-state index in [0.29, 0.717) is 22.4 Å². The molecular weight excluding hydrogens is 456 g/mol. The summed E-state index contributed by atoms with van der Waals surface area (Å²) in [6, 6.07) is 10.5. The standard InChI is InChI=1S/C23H22F4N4O3/c1-12-3-2-4-16-18(12)30-22(34)20(29-19(16)13-5-7-15(24)8-6-13)31-21(33)14(11-17(28)32)9-10-23(25,26)27/h2-8,14,20H,9-11H2,1H3,(H2,28,32)(H,30,34)(H,31,33)/t14-,20-/m1/s1. The van der Waals surface area contributed by atoms with E-state index in [2.05, 4.69) is 15.6 Å². The van der Waals surface area contributed by atoms with Crippen LogP contribution in [0.25, 0.3) is 0 Å². The van der Waals surface area contributed by atoms with Gasteiger partial charge in [-0.25, -0.2) is 9.38 Å². The number of benzodiazepines with no additional fused rings is 1. The number of hydrogen-bond acceptors (Lipinski definition) is 4. The fraction of sp³-hybridized carbons (Fsp3) is 0.304. The van der Waals surface area contributed by atoms with Gasteiger partial charge in [0.2, 0.25) is 18.0 Å². The number of alkyl halides is 3. The number of halogens is 4. The third-order valence-electron chi connectivity index (χ3n) is 5.27. The second-order valence-electron chi connectivity index (χ2n) is 7.90. The summed E-state index contributed by atoms with van der Waals surface area (Å²) in [6.45, 7) is 1.75. The van der Waals surface area contributed by atoms with Crippen LogP contribution >= 0.6 is 0 Å². The lowest BCUT2D eigenvalue weighted by Gasteiger charge is -2.19. The fourth-order valence-corrected chi connectivity index (χ4v) is 3.57. The maximum atomic E-state index is 13.5. The van der Waals surface area contributed by atoms with Crippen molar-refractivity contribution in [2.24, 2.45) is 16.6 Å². The molecule has 3 rings (SSSR count). The van der Waals surface area contributed by atoms with E-state index in [-0.39, 0.29) is 5.71 Å². The quantitative estimate of drug-likeness (QED) is 0.531. The molecule has 3 amide bonds. The van der Waals surface area contributed by atoms with Crippen molar-refractivity contribution in [2.45, 2.75) is 38.5 Å². The molecule has 0 saturated heterocycles. The molecule has 0 fully saturated rings. The third-order valence-corrected chi connectivity index (χ3v) is 5.27. The molecule has 7 nitrogen and oxygen atoms in total. The number of benzene rings is 2. The topological polar surface area (TPSA) is 114 Å². The first-order chi connectivity index (χ1) is 15.9. The molecule has 0 aliphatic carbocycles. The van der Waals surface area contributed by atoms with Crippen molar-refractivity contribution in [3.05, 3.63) is 65.0 Å². The summed E-state index contributed by atoms with van der Waals surface area (Å²) < 4.78 is 51.5. The highest BCUT2D eigenvalue weighted by Gasteiger charge is 2.34. The molecule has 180 valence electrons. The number of aliphatic imine (C=N–C) groups is 1. The Morgan fingerprint density at radius 1 is 1.18 bits per heavy atom. The zero-order chi connectivity index (χ0) is 25.0. The minimum atomic E-state index is -4.54. The van der Waals surface area contributed by atoms with Gasteiger partial charge in [0.15, 0.2) is 0 Å². The van der Waals surface area contributed by atoms with Crippen LogP contribution in [-0.4, -0.2) is 35.8 Å². The number of carbonyl (C=O) groups excluding carboxylic acids is 3. The highest BCUT2D eigenvalue weighted by Crippen LogP contribution is 2.28. The van der Waals surface area contributed by atoms with Gasteiger partial charge < -0.3 is 16.4 Å². The molecule has 11 heteroatoms. The molecule has 2 aromatic rings. The summed E-state index contributed by atoms with van der Waals surface area (Å²) in [5.41, 5.74) is 7.47. The van der Waals surface area contributed by atoms with Gasteiger partial charge in [-0.15, -0.1) is 0 Å². The predicted octanol–water partition coefficient (Wildman–Crippen LogP) is 3.20. The zero-order valence-electron chi connectivity index (χ0n) is 18.1. The number of anilines is 1. The van der Waals surface area contributed by atoms with Crippen LogP contribution in [-0.2, 0) is 14.4 Å². The van der Waals surface area contributed by atoms with Gasteiger partial charge in [-0.1, -0.05) is 18.2 Å². The van der Waals surface area contributed by atoms with Gasteiger partial charge in [0.25, 0.3) is 5.91 Å². The van der Waals surface area contributed by atoms with Gasteiger partial charge in [0.1, 0.15) is 5.82 Å². The Morgan fingerprint density at radius 2 is 1.85 bits per heavy atom. The Labute approximate surface area is 192 Å². The summed E-state index contributed by atoms with van der Waals surface area (Å²) in [6.07, 6.45) is -8.65. The van der Waals surface area contributed by atoms with Gasteiger partial charge in [-0.3, -0.25) is 14.4 Å². The van der Waals surface area contributed by atoms with E-state index in [1.54, 1.807) is 25.1 Å². The fourth-order valence-electron chi connectivity index (χ4n) is 3.57. The van der Waals surface area contributed by atoms with Crippen LogP contribution in [0.2, 0.25) is 0 Å². The van der Waals surface area contributed by atoms with Crippen LogP contribution in [0.5, 0.6) is 0 Å². The lowest BCUT2D eigenvalue weighted by atomic mass is 9.97. The Bertz CT molecular complexity index is 1130. The van der Waals surface area contributed by atoms with Crippen LogP contribution in [0.15, 0.2) is 47.5 Å². The van der Waals surface area contributed by atoms with Crippen molar-refractivity contribution in [3.63, 3.8) is 0 Å². The average Bonchev–Trinajstić information content (AvgIpc) is 2.88. The zero-order valence-corrected chi connectivity index (χ0v) is 18.1. The predicted molar refractivity (Wildman–Crippen MR) is 116 cm³/mol. The minimum absolute atomic E-state index is 0.268. The van der Waals surface area contributed by atoms with Crippen molar-refractivity contribution in [1.82, 2.24) is 5.32 Å². The second kappa shape index (κ2) is 10.0. The van der Waals surface area contributed by atoms with Crippen LogP contribution < -0.4 is 16.4 Å². The number of nitrogens with two attached hydrogens (primary N) is 1. The van der Waals surface area contributed by atoms with Crippen molar-refractivity contribution in [3.8, 4) is 0 Å². The molecular formula is C23H22F4N4O3. The SMILES string of the molecule is Cc1cccc2c1NC(=O)[C@@H](NC(=O)[C@H](CCC(F)(F)F)CC(N)=O)N=C2c1ccc(F)cc1. The number of rotatable bonds is 7. The molecule has 0 bridgehead atoms. The first-order valence-electron chi connectivity index (χ1n) is 10.3. The lowest BCUT2D eigenvalue weighted by Crippen LogP contribution is -2.45. The van der Waals surface area contributed by atoms with E-state index in [1.807, 2.05) is 0 Å². The van der Waals surface area contributed by atoms with Crippen molar-refractivity contribution >= 4 is 29.1 Å². The number of carbonyl (C=O) groups is 3. The second-order valence-corrected chi connectivity index (χ2v) is 7.90. The number of aryl methyl sites for hydroxylation is 1. The van der Waals surface area contributed by atoms with E-state index in [4.69, 9.17) is 5.73 Å². The molecule has 0 saturated carbocycles. The van der Waals surface area contributed by atoms with Crippen LogP contribution in [0.3, 0.4) is 0 Å². The Balaban J connectivity index is 1.96. The number of hydrogen-bond donors (Lipinski definition) is 3. The number of primary amides is 1. The summed E-state index contributed by atoms with van der Waals surface area (Å²) in [5, 5.41) is 5.01. The van der Waals surface area contributed by atoms with Gasteiger partial charge >= 0.3 is 6.18 Å². The third kappa shape index (κ3) is 6.18. The average molecular weight is 478 g/mol. The number of nitrogens with zero attached hydrogens (tertiary/aromatic N) is 1. The Hall–Kier alpha value is -3.76. The van der Waals surface area contributed by atoms with E-state index >= 15 is 0 Å². The molecule has 0 radical (unpaired) electrons. The van der Waals surface area contributed by atoms with Gasteiger partial charge in [-0.2, -0.15) is 13.2 Å². The van der Waals surface area contributed by atoms with Crippen LogP contribution in [0.1, 0.15) is 36.0 Å². The van der Waals surface area contributed by atoms with Gasteiger partial charge in [0.05, 0.1) is 11.4 Å². The molecule has 0 unspecified atom stereocenters. The van der Waals surface area contributed by atoms with E-state index in [1.165, 1.54) is 24.3 Å². The maximum Gasteiger partial charge on any atom is 0.389 e. The number of para-hydroxylation sites is 1. The Morgan fingerprint density at radius 3 is 2.47 bits per heavy atom. The molecule has 1 aliphatic rings. The minimum Gasteiger partial charge on any atom is -0.370 e. The molecule has 1 aliphatic heterocycles. The molecule has 2 atom stereocenters. The highest BCUT2D eigenvalue weighted by molar-refractivity contribution is 6.20. The van der Waals surface area contributed by atoms with Crippen molar-refractivity contribution < 1.29 is 31.9 Å². The van der Waals surface area contributed by atoms with Crippen molar-refractivity contribution in [1.29, 1.82) is 0 Å². The first kappa shape index (κ1) is 24.9. The van der Waals surface area contributed by atoms with Crippen LogP contribution in [0, 0.1) is 18.7 Å². The van der Waals surface area contributed by atoms with E-state index in [9.17, 15) is 31.9 Å². The number of fused-ring (bicyclic) bond motifs is 1. The van der Waals surface area contributed by atoms with Crippen molar-refractivity contribution in [2.75, 3.05) is 5.32 Å². The van der Waals surface area contributed by atoms with Gasteiger partial charge in [-0.05, 0) is 43.2 Å². The summed E-state index contributed by atoms with van der Waals surface area (Å²) in [4.78, 5) is 41.3. The van der Waals surface area contributed by atoms with E-state index < -0.39 is 61.1 Å². The maximum absolute atomic E-state index is 13.5. The lowest BCUT2D eigenvalue weighted by molar-refractivity contribution is -0.143. The highest BCUT2D eigenvalue weighted by atomic mass is 19.4. The molecule has 1 heterocycles. The summed E-state index contributed by atoms with van der Waals surface area (Å²) in [5.74, 6) is -4.53. The monoisotopic (exact) mass is 478 g/mol. The Kier molecular flexibility index (Phi) is 7.33. The summed E-state index contributed by atoms with van der Waals surface area (Å²) >= 11 is 0. The molecule has 0 aromatic heterocycles. The molecule has 0 spiro atoms. The molecule has 4 N–H and O–H groups in total. The number of nitrogens with one attached hydrogen (secondary N) is 2. The summed E-state index contributed by atoms with van der Waals surface area (Å²) in [7, 11) is 0. The largest absolute Gasteiger partial charge is 0.389 e. The smallest absolute Gasteiger partial charge is 0.370 e. The van der Waals surface area contributed by atoms with Crippen LogP contribution in [0.4, 0.5) is 23.2 Å². The molecule has 34 heavy (non-hydrogen) atoms. The van der Waals surface area contributed by atoms with E-state index in [0.717, 1.165) is 0 Å². The van der Waals surface area contributed by atoms with Gasteiger partial charge in [0, 0.05) is 29.9 Å².